The van der Waals surface area contributed by atoms with Crippen LogP contribution in [0.1, 0.15) is 15.2 Å². The number of carbonyl (C=O) groups is 1. The van der Waals surface area contributed by atoms with Crippen molar-refractivity contribution < 1.29 is 9.53 Å². The van der Waals surface area contributed by atoms with E-state index in [0.717, 1.165) is 0 Å². The minimum Gasteiger partial charge on any atom is -0.465 e. The number of hydrogen-bond acceptors (Lipinski definition) is 4. The largest absolute Gasteiger partial charge is 0.465 e. The van der Waals surface area contributed by atoms with E-state index in [0.29, 0.717) is 10.4 Å². The highest BCUT2D eigenvalue weighted by Crippen LogP contribution is 2.14. The van der Waals surface area contributed by atoms with Crippen molar-refractivity contribution in [2.45, 2.75) is 0 Å². The molecule has 0 aromatic carbocycles. The third-order valence-corrected chi connectivity index (χ3v) is 2.03. The van der Waals surface area contributed by atoms with E-state index in [-0.39, 0.29) is 0 Å². The lowest BCUT2D eigenvalue weighted by atomic mass is 10.3. The predicted molar refractivity (Wildman–Crippen MR) is 40.4 cm³/mol. The maximum Gasteiger partial charge on any atom is 0.348 e. The van der Waals surface area contributed by atoms with Crippen molar-refractivity contribution in [1.29, 1.82) is 5.26 Å². The van der Waals surface area contributed by atoms with Gasteiger partial charge in [0.15, 0.2) is 0 Å². The number of ether oxygens (including phenoxy) is 1. The van der Waals surface area contributed by atoms with Gasteiger partial charge in [0, 0.05) is 5.38 Å². The van der Waals surface area contributed by atoms with E-state index in [1.54, 1.807) is 5.38 Å². The van der Waals surface area contributed by atoms with Crippen molar-refractivity contribution in [3.63, 3.8) is 0 Å². The molecule has 0 radical (unpaired) electrons. The summed E-state index contributed by atoms with van der Waals surface area (Å²) in [6, 6.07) is 3.44. The van der Waals surface area contributed by atoms with E-state index in [2.05, 4.69) is 4.74 Å². The molecule has 0 atom stereocenters. The van der Waals surface area contributed by atoms with E-state index in [4.69, 9.17) is 5.26 Å². The van der Waals surface area contributed by atoms with Crippen LogP contribution in [-0.4, -0.2) is 13.1 Å². The van der Waals surface area contributed by atoms with Crippen molar-refractivity contribution in [3.05, 3.63) is 21.9 Å². The topological polar surface area (TPSA) is 50.1 Å². The Hall–Kier alpha value is -1.34. The average molecular weight is 167 g/mol. The SMILES string of the molecule is COC(=O)c1cc(C#N)cs1. The van der Waals surface area contributed by atoms with Gasteiger partial charge < -0.3 is 4.74 Å². The summed E-state index contributed by atoms with van der Waals surface area (Å²) in [5.41, 5.74) is 0.496. The van der Waals surface area contributed by atoms with Crippen LogP contribution in [0, 0.1) is 11.3 Å². The van der Waals surface area contributed by atoms with Crippen LogP contribution in [0.5, 0.6) is 0 Å². The van der Waals surface area contributed by atoms with Gasteiger partial charge in [0.05, 0.1) is 12.7 Å². The van der Waals surface area contributed by atoms with Crippen LogP contribution < -0.4 is 0 Å². The van der Waals surface area contributed by atoms with Gasteiger partial charge in [-0.1, -0.05) is 0 Å². The summed E-state index contributed by atoms with van der Waals surface area (Å²) in [6.45, 7) is 0. The van der Waals surface area contributed by atoms with Gasteiger partial charge in [-0.05, 0) is 6.07 Å². The van der Waals surface area contributed by atoms with Gasteiger partial charge in [0.2, 0.25) is 0 Å². The zero-order valence-electron chi connectivity index (χ0n) is 5.83. The molecule has 0 aliphatic carbocycles. The minimum atomic E-state index is -0.392. The molecule has 1 rings (SSSR count). The molecule has 0 bridgehead atoms. The molecular weight excluding hydrogens is 162 g/mol. The van der Waals surface area contributed by atoms with Gasteiger partial charge in [-0.25, -0.2) is 4.79 Å². The molecule has 0 N–H and O–H groups in total. The van der Waals surface area contributed by atoms with Crippen molar-refractivity contribution >= 4 is 17.3 Å². The molecule has 0 unspecified atom stereocenters. The first kappa shape index (κ1) is 7.76. The first-order chi connectivity index (χ1) is 5.27. The molecule has 0 saturated carbocycles. The molecular formula is C7H5NO2S. The van der Waals surface area contributed by atoms with Crippen LogP contribution >= 0.6 is 11.3 Å². The highest BCUT2D eigenvalue weighted by Gasteiger charge is 2.07. The molecule has 0 aliphatic rings. The number of rotatable bonds is 1. The summed E-state index contributed by atoms with van der Waals surface area (Å²) in [7, 11) is 1.31. The highest BCUT2D eigenvalue weighted by atomic mass is 32.1. The molecule has 0 saturated heterocycles. The van der Waals surface area contributed by atoms with E-state index in [1.807, 2.05) is 6.07 Å². The number of nitriles is 1. The van der Waals surface area contributed by atoms with E-state index in [1.165, 1.54) is 24.5 Å². The molecule has 3 nitrogen and oxygen atoms in total. The Morgan fingerprint density at radius 3 is 3.00 bits per heavy atom. The Morgan fingerprint density at radius 1 is 1.82 bits per heavy atom. The van der Waals surface area contributed by atoms with Gasteiger partial charge in [-0.15, -0.1) is 11.3 Å². The molecule has 1 heterocycles. The average Bonchev–Trinajstić information content (AvgIpc) is 2.50. The number of carbonyl (C=O) groups excluding carboxylic acids is 1. The summed E-state index contributed by atoms with van der Waals surface area (Å²) in [4.78, 5) is 11.3. The van der Waals surface area contributed by atoms with Crippen LogP contribution in [0.25, 0.3) is 0 Å². The quantitative estimate of drug-likeness (QED) is 0.594. The van der Waals surface area contributed by atoms with E-state index >= 15 is 0 Å². The summed E-state index contributed by atoms with van der Waals surface area (Å²) in [5, 5.41) is 10.0. The summed E-state index contributed by atoms with van der Waals surface area (Å²) >= 11 is 1.21. The summed E-state index contributed by atoms with van der Waals surface area (Å²) < 4.78 is 4.46. The molecule has 56 valence electrons. The van der Waals surface area contributed by atoms with Crippen molar-refractivity contribution in [2.24, 2.45) is 0 Å². The maximum absolute atomic E-state index is 10.8. The summed E-state index contributed by atoms with van der Waals surface area (Å²) in [5.74, 6) is -0.392. The second kappa shape index (κ2) is 3.17. The molecule has 0 amide bonds. The lowest BCUT2D eigenvalue weighted by Gasteiger charge is -1.90. The van der Waals surface area contributed by atoms with Gasteiger partial charge in [-0.2, -0.15) is 5.26 Å². The van der Waals surface area contributed by atoms with Crippen LogP contribution in [0.15, 0.2) is 11.4 Å². The monoisotopic (exact) mass is 167 g/mol. The Morgan fingerprint density at radius 2 is 2.55 bits per heavy atom. The lowest BCUT2D eigenvalue weighted by Crippen LogP contribution is -1.96. The molecule has 1 aromatic heterocycles. The first-order valence-electron chi connectivity index (χ1n) is 2.85. The second-order valence-corrected chi connectivity index (χ2v) is 2.71. The predicted octanol–water partition coefficient (Wildman–Crippen LogP) is 1.41. The normalized spacial score (nSPS) is 8.73. The van der Waals surface area contributed by atoms with Gasteiger partial charge >= 0.3 is 5.97 Å². The molecule has 4 heteroatoms. The first-order valence-corrected chi connectivity index (χ1v) is 3.73. The number of nitrogens with zero attached hydrogens (tertiary/aromatic N) is 1. The van der Waals surface area contributed by atoms with Gasteiger partial charge in [0.25, 0.3) is 0 Å². The van der Waals surface area contributed by atoms with Crippen LogP contribution in [0.4, 0.5) is 0 Å². The zero-order chi connectivity index (χ0) is 8.27. The van der Waals surface area contributed by atoms with Gasteiger partial charge in [0.1, 0.15) is 10.9 Å². The third-order valence-electron chi connectivity index (χ3n) is 1.12. The van der Waals surface area contributed by atoms with Crippen LogP contribution in [-0.2, 0) is 4.74 Å². The van der Waals surface area contributed by atoms with Crippen molar-refractivity contribution in [2.75, 3.05) is 7.11 Å². The highest BCUT2D eigenvalue weighted by molar-refractivity contribution is 7.12. The number of methoxy groups -OCH3 is 1. The number of hydrogen-bond donors (Lipinski definition) is 0. The van der Waals surface area contributed by atoms with Crippen molar-refractivity contribution in [1.82, 2.24) is 0 Å². The smallest absolute Gasteiger partial charge is 0.348 e. The molecule has 0 aliphatic heterocycles. The maximum atomic E-state index is 10.8. The minimum absolute atomic E-state index is 0.392. The Balaban J connectivity index is 2.91. The molecule has 0 fully saturated rings. The summed E-state index contributed by atoms with van der Waals surface area (Å²) in [6.07, 6.45) is 0. The Kier molecular flexibility index (Phi) is 2.24. The Labute approximate surface area is 67.8 Å². The fourth-order valence-electron chi connectivity index (χ4n) is 0.603. The number of esters is 1. The van der Waals surface area contributed by atoms with Crippen molar-refractivity contribution in [3.8, 4) is 6.07 Å². The van der Waals surface area contributed by atoms with Gasteiger partial charge in [-0.3, -0.25) is 0 Å². The third kappa shape index (κ3) is 1.57. The second-order valence-electron chi connectivity index (χ2n) is 1.80. The molecule has 0 spiro atoms. The zero-order valence-corrected chi connectivity index (χ0v) is 6.64. The lowest BCUT2D eigenvalue weighted by molar-refractivity contribution is 0.0606. The Bertz CT molecular complexity index is 310. The molecule has 11 heavy (non-hydrogen) atoms. The van der Waals surface area contributed by atoms with E-state index in [9.17, 15) is 4.79 Å². The number of thiophene rings is 1. The standard InChI is InChI=1S/C7H5NO2S/c1-10-7(9)6-2-5(3-8)4-11-6/h2,4H,1H3. The van der Waals surface area contributed by atoms with Crippen LogP contribution in [0.2, 0.25) is 0 Å². The van der Waals surface area contributed by atoms with E-state index < -0.39 is 5.97 Å². The molecule has 1 aromatic rings. The fourth-order valence-corrected chi connectivity index (χ4v) is 1.35. The van der Waals surface area contributed by atoms with Crippen LogP contribution in [0.3, 0.4) is 0 Å². The fraction of sp³-hybridized carbons (Fsp3) is 0.143.